The van der Waals surface area contributed by atoms with Crippen LogP contribution in [0.15, 0.2) is 6.20 Å². The summed E-state index contributed by atoms with van der Waals surface area (Å²) in [7, 11) is 4.13. The van der Waals surface area contributed by atoms with E-state index in [9.17, 15) is 0 Å². The van der Waals surface area contributed by atoms with Crippen molar-refractivity contribution in [3.05, 3.63) is 11.8 Å². The van der Waals surface area contributed by atoms with Gasteiger partial charge in [0.05, 0.1) is 0 Å². The van der Waals surface area contributed by atoms with E-state index in [1.807, 2.05) is 20.0 Å². The summed E-state index contributed by atoms with van der Waals surface area (Å²) in [5, 5.41) is 6.52. The Morgan fingerprint density at radius 3 is 2.71 bits per heavy atom. The Kier molecular flexibility index (Phi) is 5.15. The fourth-order valence-corrected chi connectivity index (χ4v) is 1.66. The third kappa shape index (κ3) is 4.56. The summed E-state index contributed by atoms with van der Waals surface area (Å²) in [5.41, 5.74) is 1.07. The number of rotatable bonds is 6. The monoisotopic (exact) mass is 237 g/mol. The van der Waals surface area contributed by atoms with Crippen LogP contribution in [0.4, 0.5) is 11.8 Å². The molecule has 0 fully saturated rings. The average Bonchev–Trinajstić information content (AvgIpc) is 2.22. The van der Waals surface area contributed by atoms with Crippen molar-refractivity contribution in [3.63, 3.8) is 0 Å². The van der Waals surface area contributed by atoms with Crippen molar-refractivity contribution in [2.75, 3.05) is 37.8 Å². The maximum atomic E-state index is 4.46. The number of aryl methyl sites for hydroxylation is 1. The second kappa shape index (κ2) is 6.39. The molecular formula is C12H23N5. The fraction of sp³-hybridized carbons (Fsp3) is 0.667. The van der Waals surface area contributed by atoms with Crippen LogP contribution in [0.3, 0.4) is 0 Å². The molecule has 1 aromatic heterocycles. The minimum Gasteiger partial charge on any atom is -0.366 e. The molecule has 1 unspecified atom stereocenters. The van der Waals surface area contributed by atoms with Gasteiger partial charge in [0.25, 0.3) is 0 Å². The molecule has 0 aliphatic rings. The Balaban J connectivity index is 2.71. The van der Waals surface area contributed by atoms with Crippen LogP contribution < -0.4 is 10.6 Å². The van der Waals surface area contributed by atoms with E-state index in [0.717, 1.165) is 24.5 Å². The van der Waals surface area contributed by atoms with Gasteiger partial charge < -0.3 is 15.5 Å². The molecular weight excluding hydrogens is 214 g/mol. The molecule has 0 amide bonds. The van der Waals surface area contributed by atoms with Crippen LogP contribution in [0.1, 0.15) is 19.4 Å². The van der Waals surface area contributed by atoms with E-state index in [1.54, 1.807) is 0 Å². The lowest BCUT2D eigenvalue weighted by molar-refractivity contribution is 0.392. The van der Waals surface area contributed by atoms with E-state index in [0.29, 0.717) is 12.0 Å². The van der Waals surface area contributed by atoms with Gasteiger partial charge in [0.15, 0.2) is 0 Å². The highest BCUT2D eigenvalue weighted by Gasteiger charge is 2.08. The molecule has 0 aliphatic heterocycles. The summed E-state index contributed by atoms with van der Waals surface area (Å²) in [6, 6.07) is 0.355. The van der Waals surface area contributed by atoms with Crippen LogP contribution in [0, 0.1) is 6.92 Å². The minimum atomic E-state index is 0.355. The molecule has 1 aromatic rings. The molecule has 5 nitrogen and oxygen atoms in total. The number of hydrogen-bond acceptors (Lipinski definition) is 5. The lowest BCUT2D eigenvalue weighted by Crippen LogP contribution is -2.30. The van der Waals surface area contributed by atoms with Gasteiger partial charge in [-0.2, -0.15) is 4.98 Å². The molecule has 0 saturated heterocycles. The van der Waals surface area contributed by atoms with Crippen molar-refractivity contribution < 1.29 is 0 Å². The summed E-state index contributed by atoms with van der Waals surface area (Å²) in [5.74, 6) is 1.59. The van der Waals surface area contributed by atoms with Crippen molar-refractivity contribution in [1.29, 1.82) is 0 Å². The molecule has 5 heteroatoms. The largest absolute Gasteiger partial charge is 0.366 e. The van der Waals surface area contributed by atoms with Gasteiger partial charge in [0.2, 0.25) is 5.95 Å². The Labute approximate surface area is 104 Å². The lowest BCUT2D eigenvalue weighted by atomic mass is 10.3. The number of likely N-dealkylation sites (N-methyl/N-ethyl adjacent to an activating group) is 1. The average molecular weight is 237 g/mol. The third-order valence-electron chi connectivity index (χ3n) is 2.33. The molecule has 1 heterocycles. The molecule has 0 spiro atoms. The third-order valence-corrected chi connectivity index (χ3v) is 2.33. The first kappa shape index (κ1) is 13.7. The molecule has 17 heavy (non-hydrogen) atoms. The van der Waals surface area contributed by atoms with Crippen molar-refractivity contribution in [1.82, 2.24) is 14.9 Å². The first-order valence-corrected chi connectivity index (χ1v) is 6.01. The fourth-order valence-electron chi connectivity index (χ4n) is 1.66. The Morgan fingerprint density at radius 2 is 2.12 bits per heavy atom. The van der Waals surface area contributed by atoms with Crippen molar-refractivity contribution in [2.45, 2.75) is 26.8 Å². The molecule has 1 atom stereocenters. The second-order valence-electron chi connectivity index (χ2n) is 4.56. The summed E-state index contributed by atoms with van der Waals surface area (Å²) < 4.78 is 0. The SMILES string of the molecule is CCNc1ncc(C)c(NC(C)CN(C)C)n1. The molecule has 96 valence electrons. The Morgan fingerprint density at radius 1 is 1.41 bits per heavy atom. The Hall–Kier alpha value is -1.36. The number of aromatic nitrogens is 2. The minimum absolute atomic E-state index is 0.355. The predicted molar refractivity (Wildman–Crippen MR) is 72.6 cm³/mol. The van der Waals surface area contributed by atoms with E-state index in [1.165, 1.54) is 0 Å². The van der Waals surface area contributed by atoms with Crippen LogP contribution in [-0.2, 0) is 0 Å². The van der Waals surface area contributed by atoms with Crippen molar-refractivity contribution in [3.8, 4) is 0 Å². The number of anilines is 2. The first-order chi connectivity index (χ1) is 8.02. The van der Waals surface area contributed by atoms with E-state index < -0.39 is 0 Å². The van der Waals surface area contributed by atoms with Gasteiger partial charge in [-0.25, -0.2) is 4.98 Å². The van der Waals surface area contributed by atoms with Crippen molar-refractivity contribution in [2.24, 2.45) is 0 Å². The van der Waals surface area contributed by atoms with E-state index in [-0.39, 0.29) is 0 Å². The van der Waals surface area contributed by atoms with Crippen LogP contribution in [0.5, 0.6) is 0 Å². The van der Waals surface area contributed by atoms with Crippen LogP contribution in [0.25, 0.3) is 0 Å². The number of nitrogens with zero attached hydrogens (tertiary/aromatic N) is 3. The zero-order valence-corrected chi connectivity index (χ0v) is 11.4. The van der Waals surface area contributed by atoms with Crippen LogP contribution >= 0.6 is 0 Å². The van der Waals surface area contributed by atoms with Gasteiger partial charge in [-0.1, -0.05) is 0 Å². The smallest absolute Gasteiger partial charge is 0.224 e. The lowest BCUT2D eigenvalue weighted by Gasteiger charge is -2.20. The maximum absolute atomic E-state index is 4.46. The zero-order valence-electron chi connectivity index (χ0n) is 11.4. The van der Waals surface area contributed by atoms with E-state index in [4.69, 9.17) is 0 Å². The molecule has 0 aliphatic carbocycles. The molecule has 2 N–H and O–H groups in total. The van der Waals surface area contributed by atoms with Gasteiger partial charge in [-0.05, 0) is 34.9 Å². The molecule has 0 radical (unpaired) electrons. The van der Waals surface area contributed by atoms with Crippen LogP contribution in [0.2, 0.25) is 0 Å². The summed E-state index contributed by atoms with van der Waals surface area (Å²) in [6.45, 7) is 8.00. The van der Waals surface area contributed by atoms with Crippen LogP contribution in [-0.4, -0.2) is 48.1 Å². The van der Waals surface area contributed by atoms with Gasteiger partial charge in [-0.15, -0.1) is 0 Å². The van der Waals surface area contributed by atoms with E-state index >= 15 is 0 Å². The van der Waals surface area contributed by atoms with Gasteiger partial charge in [-0.3, -0.25) is 0 Å². The molecule has 0 saturated carbocycles. The normalized spacial score (nSPS) is 12.6. The molecule has 0 aromatic carbocycles. The van der Waals surface area contributed by atoms with Gasteiger partial charge in [0.1, 0.15) is 5.82 Å². The Bertz CT molecular complexity index is 351. The highest BCUT2D eigenvalue weighted by atomic mass is 15.2. The quantitative estimate of drug-likeness (QED) is 0.786. The van der Waals surface area contributed by atoms with E-state index in [2.05, 4.69) is 46.5 Å². The summed E-state index contributed by atoms with van der Waals surface area (Å²) in [4.78, 5) is 10.8. The summed E-state index contributed by atoms with van der Waals surface area (Å²) in [6.07, 6.45) is 1.84. The highest BCUT2D eigenvalue weighted by molar-refractivity contribution is 5.46. The zero-order chi connectivity index (χ0) is 12.8. The standard InChI is InChI=1S/C12H23N5/c1-6-13-12-14-7-9(2)11(16-12)15-10(3)8-17(4)5/h7,10H,6,8H2,1-5H3,(H2,13,14,15,16). The van der Waals surface area contributed by atoms with Crippen molar-refractivity contribution >= 4 is 11.8 Å². The maximum Gasteiger partial charge on any atom is 0.224 e. The summed E-state index contributed by atoms with van der Waals surface area (Å²) >= 11 is 0. The highest BCUT2D eigenvalue weighted by Crippen LogP contribution is 2.13. The second-order valence-corrected chi connectivity index (χ2v) is 4.56. The first-order valence-electron chi connectivity index (χ1n) is 6.01. The molecule has 1 rings (SSSR count). The van der Waals surface area contributed by atoms with Gasteiger partial charge >= 0.3 is 0 Å². The molecule has 0 bridgehead atoms. The number of nitrogens with one attached hydrogen (secondary N) is 2. The predicted octanol–water partition coefficient (Wildman–Crippen LogP) is 1.58. The number of hydrogen-bond donors (Lipinski definition) is 2. The topological polar surface area (TPSA) is 53.1 Å². The van der Waals surface area contributed by atoms with Gasteiger partial charge in [0, 0.05) is 30.9 Å².